The molecular weight excluding hydrogens is 286 g/mol. The normalized spacial score (nSPS) is 15.4. The summed E-state index contributed by atoms with van der Waals surface area (Å²) in [5.74, 6) is 0. The number of likely N-dealkylation sites (N-methyl/N-ethyl adjacent to an activating group) is 1. The molecule has 0 bridgehead atoms. The largest absolute Gasteiger partial charge is 0.363 e. The summed E-state index contributed by atoms with van der Waals surface area (Å²) >= 11 is 0. The maximum atomic E-state index is 5.19. The summed E-state index contributed by atoms with van der Waals surface area (Å²) in [4.78, 5) is 2.11. The van der Waals surface area contributed by atoms with Crippen LogP contribution in [0.4, 0.5) is 0 Å². The van der Waals surface area contributed by atoms with E-state index in [1.54, 1.807) is 0 Å². The highest BCUT2D eigenvalue weighted by atomic mass is 31.0. The molecule has 0 spiro atoms. The van der Waals surface area contributed by atoms with Crippen molar-refractivity contribution in [2.24, 2.45) is 0 Å². The summed E-state index contributed by atoms with van der Waals surface area (Å²) in [6.45, 7) is 2.59. The molecule has 0 aliphatic heterocycles. The zero-order valence-corrected chi connectivity index (χ0v) is 14.0. The monoisotopic (exact) mass is 307 g/mol. The highest BCUT2D eigenvalue weighted by molar-refractivity contribution is 7.10. The predicted octanol–water partition coefficient (Wildman–Crippen LogP) is 0.882. The van der Waals surface area contributed by atoms with Gasteiger partial charge in [0, 0.05) is 51.0 Å². The summed E-state index contributed by atoms with van der Waals surface area (Å²) in [6, 6.07) is 0. The molecule has 0 amide bonds. The van der Waals surface area contributed by atoms with Crippen molar-refractivity contribution in [3.8, 4) is 0 Å². The van der Waals surface area contributed by atoms with Gasteiger partial charge in [0.05, 0.1) is 25.4 Å². The van der Waals surface area contributed by atoms with Gasteiger partial charge in [0.1, 0.15) is 0 Å². The third kappa shape index (κ3) is 8.59. The zero-order valence-electron chi connectivity index (χ0n) is 9.37. The van der Waals surface area contributed by atoms with E-state index in [2.05, 4.69) is 42.8 Å². The Morgan fingerprint density at radius 1 is 0.875 bits per heavy atom. The minimum Gasteiger partial charge on any atom is -0.363 e. The van der Waals surface area contributed by atoms with Crippen LogP contribution in [0, 0.1) is 0 Å². The summed E-state index contributed by atoms with van der Waals surface area (Å²) < 4.78 is 20.3. The molecule has 16 heavy (non-hydrogen) atoms. The third-order valence-electron chi connectivity index (χ3n) is 1.98. The Morgan fingerprint density at radius 2 is 1.25 bits per heavy atom. The van der Waals surface area contributed by atoms with E-state index in [4.69, 9.17) is 18.1 Å². The van der Waals surface area contributed by atoms with E-state index in [1.807, 2.05) is 7.05 Å². The lowest BCUT2D eigenvalue weighted by Gasteiger charge is -2.25. The second-order valence-corrected chi connectivity index (χ2v) is 4.62. The summed E-state index contributed by atoms with van der Waals surface area (Å²) in [6.07, 6.45) is 0.0455. The molecule has 0 fully saturated rings. The van der Waals surface area contributed by atoms with Gasteiger partial charge >= 0.3 is 0 Å². The Labute approximate surface area is 107 Å². The van der Waals surface area contributed by atoms with Gasteiger partial charge < -0.3 is 23.0 Å². The first-order valence-electron chi connectivity index (χ1n) is 4.70. The number of rotatable bonds is 10. The molecule has 98 valence electrons. The number of hydrogen-bond donors (Lipinski definition) is 0. The third-order valence-corrected chi connectivity index (χ3v) is 3.13. The first kappa shape index (κ1) is 17.5. The molecule has 0 saturated heterocycles. The van der Waals surface area contributed by atoms with Crippen molar-refractivity contribution >= 4 is 37.9 Å². The summed E-state index contributed by atoms with van der Waals surface area (Å²) in [5.41, 5.74) is 0. The Bertz CT molecular complexity index is 151. The van der Waals surface area contributed by atoms with Crippen LogP contribution >= 0.6 is 37.9 Å². The molecule has 0 radical (unpaired) electrons. The van der Waals surface area contributed by atoms with E-state index >= 15 is 0 Å². The van der Waals surface area contributed by atoms with Crippen LogP contribution < -0.4 is 0 Å². The standard InChI is InChI=1S/C7H21NO4P4/c1-8(2-6(11-15)4-9-13)3-7(12-16)5-10-14/h6-7H,2-5,13-16H2,1H3. The van der Waals surface area contributed by atoms with E-state index in [0.717, 1.165) is 13.1 Å². The van der Waals surface area contributed by atoms with Crippen molar-refractivity contribution in [1.82, 2.24) is 4.90 Å². The maximum absolute atomic E-state index is 5.19. The van der Waals surface area contributed by atoms with E-state index < -0.39 is 0 Å². The van der Waals surface area contributed by atoms with Crippen LogP contribution in [0.3, 0.4) is 0 Å². The SMILES string of the molecule is CN(CC(COP)OP)CC(COP)OP. The molecule has 0 heterocycles. The van der Waals surface area contributed by atoms with Gasteiger partial charge in [0.2, 0.25) is 0 Å². The average molecular weight is 307 g/mol. The molecule has 0 aliphatic rings. The molecule has 0 aromatic carbocycles. The number of hydrogen-bond acceptors (Lipinski definition) is 5. The van der Waals surface area contributed by atoms with Crippen LogP contribution in [0.2, 0.25) is 0 Å². The lowest BCUT2D eigenvalue weighted by atomic mass is 10.3. The van der Waals surface area contributed by atoms with Gasteiger partial charge in [-0.05, 0) is 7.05 Å². The fourth-order valence-corrected chi connectivity index (χ4v) is 2.01. The Hall–Kier alpha value is 1.52. The molecule has 0 rings (SSSR count). The minimum absolute atomic E-state index is 0.0228. The number of nitrogens with zero attached hydrogens (tertiary/aromatic N) is 1. The van der Waals surface area contributed by atoms with Crippen molar-refractivity contribution in [2.75, 3.05) is 33.4 Å². The summed E-state index contributed by atoms with van der Waals surface area (Å²) in [7, 11) is 10.9. The van der Waals surface area contributed by atoms with Crippen molar-refractivity contribution < 1.29 is 18.1 Å². The van der Waals surface area contributed by atoms with Crippen LogP contribution in [-0.2, 0) is 18.1 Å². The Morgan fingerprint density at radius 3 is 1.50 bits per heavy atom. The fourth-order valence-electron chi connectivity index (χ4n) is 1.25. The van der Waals surface area contributed by atoms with Crippen molar-refractivity contribution in [3.05, 3.63) is 0 Å². The van der Waals surface area contributed by atoms with Crippen LogP contribution in [0.1, 0.15) is 0 Å². The Kier molecular flexibility index (Phi) is 12.7. The van der Waals surface area contributed by atoms with Crippen LogP contribution in [0.5, 0.6) is 0 Å². The minimum atomic E-state index is 0.0228. The first-order valence-corrected chi connectivity index (χ1v) is 6.59. The van der Waals surface area contributed by atoms with Gasteiger partial charge in [-0.3, -0.25) is 0 Å². The van der Waals surface area contributed by atoms with Gasteiger partial charge in [-0.25, -0.2) is 0 Å². The quantitative estimate of drug-likeness (QED) is 0.561. The topological polar surface area (TPSA) is 40.2 Å². The Balaban J connectivity index is 3.88. The van der Waals surface area contributed by atoms with E-state index in [0.29, 0.717) is 13.2 Å². The van der Waals surface area contributed by atoms with Gasteiger partial charge in [-0.2, -0.15) is 0 Å². The maximum Gasteiger partial charge on any atom is 0.0973 e. The fraction of sp³-hybridized carbons (Fsp3) is 1.00. The lowest BCUT2D eigenvalue weighted by Crippen LogP contribution is -2.38. The van der Waals surface area contributed by atoms with E-state index in [1.165, 1.54) is 0 Å². The van der Waals surface area contributed by atoms with Gasteiger partial charge in [-0.1, -0.05) is 0 Å². The second-order valence-electron chi connectivity index (χ2n) is 3.40. The highest BCUT2D eigenvalue weighted by Gasteiger charge is 2.15. The van der Waals surface area contributed by atoms with E-state index in [9.17, 15) is 0 Å². The highest BCUT2D eigenvalue weighted by Crippen LogP contribution is 2.07. The predicted molar refractivity (Wildman–Crippen MR) is 78.0 cm³/mol. The van der Waals surface area contributed by atoms with Gasteiger partial charge in [0.25, 0.3) is 0 Å². The summed E-state index contributed by atoms with van der Waals surface area (Å²) in [5, 5.41) is 0. The lowest BCUT2D eigenvalue weighted by molar-refractivity contribution is 0.0830. The van der Waals surface area contributed by atoms with Crippen LogP contribution in [-0.4, -0.2) is 50.5 Å². The first-order chi connectivity index (χ1) is 7.67. The van der Waals surface area contributed by atoms with Crippen LogP contribution in [0.15, 0.2) is 0 Å². The van der Waals surface area contributed by atoms with Crippen LogP contribution in [0.25, 0.3) is 0 Å². The molecule has 0 aliphatic carbocycles. The molecule has 6 unspecified atom stereocenters. The molecular formula is C7H21NO4P4. The van der Waals surface area contributed by atoms with Crippen molar-refractivity contribution in [1.29, 1.82) is 0 Å². The van der Waals surface area contributed by atoms with Crippen molar-refractivity contribution in [2.45, 2.75) is 12.2 Å². The molecule has 6 atom stereocenters. The van der Waals surface area contributed by atoms with E-state index in [-0.39, 0.29) is 12.2 Å². The molecule has 9 heteroatoms. The molecule has 0 aromatic rings. The smallest absolute Gasteiger partial charge is 0.0973 e. The zero-order chi connectivity index (χ0) is 12.4. The molecule has 0 saturated carbocycles. The van der Waals surface area contributed by atoms with Gasteiger partial charge in [0.15, 0.2) is 0 Å². The molecule has 0 N–H and O–H groups in total. The van der Waals surface area contributed by atoms with Gasteiger partial charge in [-0.15, -0.1) is 0 Å². The van der Waals surface area contributed by atoms with Crippen molar-refractivity contribution in [3.63, 3.8) is 0 Å². The average Bonchev–Trinajstić information content (AvgIpc) is 2.27. The molecule has 0 aromatic heterocycles. The second kappa shape index (κ2) is 11.6. The molecule has 5 nitrogen and oxygen atoms in total.